The molecule has 6 nitrogen and oxygen atoms in total. The number of phenols is 1. The number of aromatic hydroxyl groups is 1. The number of nitriles is 1. The number of ether oxygens (including phenoxy) is 1. The Balaban J connectivity index is 2.45. The largest absolute Gasteiger partial charge is 0.508 e. The highest BCUT2D eigenvalue weighted by atomic mass is 16.5. The van der Waals surface area contributed by atoms with E-state index in [1.807, 2.05) is 19.9 Å². The SMILES string of the molecule is CC(C)[C@](C)(C#N)NC(=O)COC(=O)Cc1ccc(O)cc1. The van der Waals surface area contributed by atoms with E-state index in [-0.39, 0.29) is 18.1 Å². The van der Waals surface area contributed by atoms with E-state index in [1.165, 1.54) is 12.1 Å². The third kappa shape index (κ3) is 5.09. The summed E-state index contributed by atoms with van der Waals surface area (Å²) in [6.45, 7) is 4.83. The number of amides is 1. The van der Waals surface area contributed by atoms with Crippen LogP contribution >= 0.6 is 0 Å². The smallest absolute Gasteiger partial charge is 0.310 e. The summed E-state index contributed by atoms with van der Waals surface area (Å²) < 4.78 is 4.89. The highest BCUT2D eigenvalue weighted by Gasteiger charge is 2.30. The van der Waals surface area contributed by atoms with Gasteiger partial charge >= 0.3 is 5.97 Å². The van der Waals surface area contributed by atoms with Gasteiger partial charge in [0, 0.05) is 0 Å². The second kappa shape index (κ2) is 7.46. The molecule has 6 heteroatoms. The van der Waals surface area contributed by atoms with Gasteiger partial charge in [0.2, 0.25) is 0 Å². The van der Waals surface area contributed by atoms with E-state index in [4.69, 9.17) is 15.1 Å². The number of nitrogens with zero attached hydrogens (tertiary/aromatic N) is 1. The summed E-state index contributed by atoms with van der Waals surface area (Å²) in [5.41, 5.74) is -0.326. The number of hydrogen-bond donors (Lipinski definition) is 2. The Morgan fingerprint density at radius 1 is 1.36 bits per heavy atom. The number of carbonyl (C=O) groups is 2. The molecule has 0 aliphatic heterocycles. The molecule has 0 aromatic heterocycles. The zero-order valence-corrected chi connectivity index (χ0v) is 12.9. The van der Waals surface area contributed by atoms with Gasteiger partial charge in [-0.2, -0.15) is 5.26 Å². The third-order valence-electron chi connectivity index (χ3n) is 3.44. The van der Waals surface area contributed by atoms with Crippen LogP contribution in [0.3, 0.4) is 0 Å². The Bertz CT molecular complexity index is 575. The summed E-state index contributed by atoms with van der Waals surface area (Å²) >= 11 is 0. The molecular weight excluding hydrogens is 284 g/mol. The van der Waals surface area contributed by atoms with Gasteiger partial charge in [0.15, 0.2) is 6.61 Å². The highest BCUT2D eigenvalue weighted by Crippen LogP contribution is 2.15. The minimum atomic E-state index is -1.000. The molecule has 0 saturated carbocycles. The van der Waals surface area contributed by atoms with Crippen LogP contribution < -0.4 is 5.32 Å². The van der Waals surface area contributed by atoms with E-state index in [0.29, 0.717) is 5.56 Å². The molecule has 0 saturated heterocycles. The lowest BCUT2D eigenvalue weighted by molar-refractivity contribution is -0.148. The van der Waals surface area contributed by atoms with Crippen molar-refractivity contribution in [1.82, 2.24) is 5.32 Å². The fourth-order valence-electron chi connectivity index (χ4n) is 1.60. The molecule has 0 aliphatic rings. The predicted molar refractivity (Wildman–Crippen MR) is 79.8 cm³/mol. The number of hydrogen-bond acceptors (Lipinski definition) is 5. The lowest BCUT2D eigenvalue weighted by Gasteiger charge is -2.27. The molecular formula is C16H20N2O4. The van der Waals surface area contributed by atoms with Gasteiger partial charge in [-0.3, -0.25) is 9.59 Å². The van der Waals surface area contributed by atoms with Crippen molar-refractivity contribution in [1.29, 1.82) is 5.26 Å². The maximum atomic E-state index is 11.8. The van der Waals surface area contributed by atoms with Crippen molar-refractivity contribution in [3.63, 3.8) is 0 Å². The van der Waals surface area contributed by atoms with Crippen molar-refractivity contribution in [2.75, 3.05) is 6.61 Å². The molecule has 118 valence electrons. The van der Waals surface area contributed by atoms with E-state index in [9.17, 15) is 9.59 Å². The van der Waals surface area contributed by atoms with Crippen molar-refractivity contribution in [2.24, 2.45) is 5.92 Å². The van der Waals surface area contributed by atoms with Gasteiger partial charge in [-0.1, -0.05) is 26.0 Å². The Kier molecular flexibility index (Phi) is 5.93. The average molecular weight is 304 g/mol. The van der Waals surface area contributed by atoms with Crippen molar-refractivity contribution in [3.8, 4) is 11.8 Å². The predicted octanol–water partition coefficient (Wildman–Crippen LogP) is 1.53. The molecule has 2 N–H and O–H groups in total. The molecule has 1 aromatic rings. The standard InChI is InChI=1S/C16H20N2O4/c1-11(2)16(3,10-17)18-14(20)9-22-15(21)8-12-4-6-13(19)7-5-12/h4-7,11,19H,8-9H2,1-3H3,(H,18,20)/t16-/m0/s1. The van der Waals surface area contributed by atoms with Crippen molar-refractivity contribution >= 4 is 11.9 Å². The molecule has 22 heavy (non-hydrogen) atoms. The Morgan fingerprint density at radius 3 is 2.45 bits per heavy atom. The van der Waals surface area contributed by atoms with Crippen LogP contribution in [0.15, 0.2) is 24.3 Å². The Hall–Kier alpha value is -2.55. The summed E-state index contributed by atoms with van der Waals surface area (Å²) in [4.78, 5) is 23.4. The van der Waals surface area contributed by atoms with Crippen LogP contribution in [0.2, 0.25) is 0 Å². The zero-order chi connectivity index (χ0) is 16.8. The Morgan fingerprint density at radius 2 is 1.95 bits per heavy atom. The summed E-state index contributed by atoms with van der Waals surface area (Å²) in [5, 5.41) is 20.8. The number of carbonyl (C=O) groups excluding carboxylic acids is 2. The fraction of sp³-hybridized carbons (Fsp3) is 0.438. The van der Waals surface area contributed by atoms with E-state index in [1.54, 1.807) is 19.1 Å². The minimum Gasteiger partial charge on any atom is -0.508 e. The lowest BCUT2D eigenvalue weighted by atomic mass is 9.90. The van der Waals surface area contributed by atoms with Gasteiger partial charge in [0.05, 0.1) is 12.5 Å². The quantitative estimate of drug-likeness (QED) is 0.776. The first-order chi connectivity index (χ1) is 10.3. The average Bonchev–Trinajstić information content (AvgIpc) is 2.47. The summed E-state index contributed by atoms with van der Waals surface area (Å²) in [5.74, 6) is -1.03. The molecule has 0 spiro atoms. The first-order valence-corrected chi connectivity index (χ1v) is 6.92. The van der Waals surface area contributed by atoms with Gasteiger partial charge in [-0.25, -0.2) is 0 Å². The van der Waals surface area contributed by atoms with Crippen molar-refractivity contribution in [2.45, 2.75) is 32.7 Å². The van der Waals surface area contributed by atoms with E-state index in [0.717, 1.165) is 0 Å². The first kappa shape index (κ1) is 17.5. The molecule has 0 heterocycles. The maximum Gasteiger partial charge on any atom is 0.310 e. The molecule has 0 fully saturated rings. The van der Waals surface area contributed by atoms with Crippen LogP contribution in [0.5, 0.6) is 5.75 Å². The summed E-state index contributed by atoms with van der Waals surface area (Å²) in [6.07, 6.45) is 0.00720. The first-order valence-electron chi connectivity index (χ1n) is 6.92. The van der Waals surface area contributed by atoms with E-state index < -0.39 is 24.0 Å². The monoisotopic (exact) mass is 304 g/mol. The molecule has 0 unspecified atom stereocenters. The van der Waals surface area contributed by atoms with Crippen LogP contribution in [-0.2, 0) is 20.7 Å². The summed E-state index contributed by atoms with van der Waals surface area (Å²) in [6, 6.07) is 8.18. The van der Waals surface area contributed by atoms with E-state index in [2.05, 4.69) is 5.32 Å². The van der Waals surface area contributed by atoms with Crippen LogP contribution in [0.1, 0.15) is 26.3 Å². The number of benzene rings is 1. The topological polar surface area (TPSA) is 99.4 Å². The molecule has 1 rings (SSSR count). The normalized spacial score (nSPS) is 13.0. The lowest BCUT2D eigenvalue weighted by Crippen LogP contribution is -2.50. The van der Waals surface area contributed by atoms with Crippen LogP contribution in [0.25, 0.3) is 0 Å². The fourth-order valence-corrected chi connectivity index (χ4v) is 1.60. The minimum absolute atomic E-state index is 0.00720. The van der Waals surface area contributed by atoms with Crippen molar-refractivity contribution in [3.05, 3.63) is 29.8 Å². The van der Waals surface area contributed by atoms with Gasteiger partial charge in [-0.15, -0.1) is 0 Å². The second-order valence-electron chi connectivity index (χ2n) is 5.52. The van der Waals surface area contributed by atoms with Crippen molar-refractivity contribution < 1.29 is 19.4 Å². The number of phenolic OH excluding ortho intramolecular Hbond substituents is 1. The molecule has 0 aliphatic carbocycles. The third-order valence-corrected chi connectivity index (χ3v) is 3.44. The maximum absolute atomic E-state index is 11.8. The van der Waals surface area contributed by atoms with Crippen LogP contribution in [0, 0.1) is 17.2 Å². The second-order valence-corrected chi connectivity index (χ2v) is 5.52. The van der Waals surface area contributed by atoms with Gasteiger partial charge in [-0.05, 0) is 30.5 Å². The van der Waals surface area contributed by atoms with Crippen LogP contribution in [-0.4, -0.2) is 29.1 Å². The van der Waals surface area contributed by atoms with E-state index >= 15 is 0 Å². The molecule has 1 aromatic carbocycles. The van der Waals surface area contributed by atoms with Crippen LogP contribution in [0.4, 0.5) is 0 Å². The zero-order valence-electron chi connectivity index (χ0n) is 12.9. The van der Waals surface area contributed by atoms with Gasteiger partial charge in [0.1, 0.15) is 11.3 Å². The van der Waals surface area contributed by atoms with Gasteiger partial charge < -0.3 is 15.2 Å². The molecule has 0 bridgehead atoms. The van der Waals surface area contributed by atoms with Gasteiger partial charge in [0.25, 0.3) is 5.91 Å². The molecule has 1 atom stereocenters. The molecule has 0 radical (unpaired) electrons. The Labute approximate surface area is 129 Å². The number of rotatable bonds is 6. The number of esters is 1. The molecule has 1 amide bonds. The number of nitrogens with one attached hydrogen (secondary N) is 1. The summed E-state index contributed by atoms with van der Waals surface area (Å²) in [7, 11) is 0. The highest BCUT2D eigenvalue weighted by molar-refractivity contribution is 5.82.